The minimum Gasteiger partial charge on any atom is -0.870 e. The maximum Gasteiger partial charge on any atom is 1.00 e. The monoisotopic (exact) mass is 584 g/mol. The molecule has 4 heterocycles. The van der Waals surface area contributed by atoms with Crippen molar-refractivity contribution in [1.82, 2.24) is 19.9 Å². The summed E-state index contributed by atoms with van der Waals surface area (Å²) in [5.74, 6) is -2.56. The summed E-state index contributed by atoms with van der Waals surface area (Å²) in [6.07, 6.45) is 5.40. The number of carboxylic acids is 2. The average Bonchev–Trinajstić information content (AvgIpc) is 3.55. The van der Waals surface area contributed by atoms with Crippen molar-refractivity contribution >= 4 is 46.4 Å². The Balaban J connectivity index is 0.000000669. The summed E-state index contributed by atoms with van der Waals surface area (Å²) in [7, 11) is 1.32. The van der Waals surface area contributed by atoms with Crippen molar-refractivity contribution < 1.29 is 91.0 Å². The predicted octanol–water partition coefficient (Wildman–Crippen LogP) is 1.26. The zero-order chi connectivity index (χ0) is 25.5. The molecular formula is C23H21KN4O8S2. The van der Waals surface area contributed by atoms with E-state index in [0.29, 0.717) is 31.8 Å². The molecule has 4 rings (SSSR count). The topological polar surface area (TPSA) is 200 Å². The Morgan fingerprint density at radius 2 is 1.21 bits per heavy atom. The summed E-state index contributed by atoms with van der Waals surface area (Å²) < 4.78 is 4.60. The summed E-state index contributed by atoms with van der Waals surface area (Å²) in [6, 6.07) is 6.28. The number of Topliss-reactive ketones (excluding diaryl/α,β-unsaturated/α-hetero) is 1. The number of methoxy groups -OCH3 is 1. The minimum absolute atomic E-state index is 0. The number of esters is 1. The van der Waals surface area contributed by atoms with Crippen LogP contribution in [0, 0.1) is 0 Å². The van der Waals surface area contributed by atoms with Crippen molar-refractivity contribution in [1.29, 1.82) is 0 Å². The van der Waals surface area contributed by atoms with Gasteiger partial charge in [0.05, 0.1) is 36.5 Å². The fourth-order valence-corrected chi connectivity index (χ4v) is 4.00. The molecule has 4 aromatic rings. The van der Waals surface area contributed by atoms with Gasteiger partial charge in [0.25, 0.3) is 0 Å². The number of ketones is 1. The van der Waals surface area contributed by atoms with Gasteiger partial charge >= 0.3 is 69.3 Å². The summed E-state index contributed by atoms with van der Waals surface area (Å²) in [5.41, 5.74) is 1.69. The number of carbonyl (C=O) groups is 4. The molecule has 38 heavy (non-hydrogen) atoms. The molecular weight excluding hydrogens is 564 g/mol. The number of ether oxygens (including phenoxy) is 1. The maximum atomic E-state index is 11.3. The van der Waals surface area contributed by atoms with E-state index in [0.717, 1.165) is 11.3 Å². The number of carbonyl (C=O) groups excluding carboxylic acids is 2. The number of hydrogen-bond acceptors (Lipinski definition) is 12. The van der Waals surface area contributed by atoms with Gasteiger partial charge in [-0.3, -0.25) is 14.8 Å². The van der Waals surface area contributed by atoms with E-state index in [1.807, 2.05) is 0 Å². The Morgan fingerprint density at radius 3 is 1.58 bits per heavy atom. The van der Waals surface area contributed by atoms with Crippen molar-refractivity contribution in [2.45, 2.75) is 14.4 Å². The van der Waals surface area contributed by atoms with E-state index >= 15 is 0 Å². The van der Waals surface area contributed by atoms with Crippen LogP contribution in [0.25, 0.3) is 21.4 Å². The predicted molar refractivity (Wildman–Crippen MR) is 135 cm³/mol. The van der Waals surface area contributed by atoms with E-state index in [4.69, 9.17) is 10.2 Å². The number of rotatable bonds is 6. The average molecular weight is 585 g/mol. The van der Waals surface area contributed by atoms with Crippen LogP contribution in [0.3, 0.4) is 0 Å². The van der Waals surface area contributed by atoms with Crippen molar-refractivity contribution in [3.8, 4) is 21.4 Å². The van der Waals surface area contributed by atoms with Crippen LogP contribution in [0.1, 0.15) is 54.4 Å². The first-order valence-corrected chi connectivity index (χ1v) is 11.2. The molecule has 0 aliphatic rings. The van der Waals surface area contributed by atoms with Crippen molar-refractivity contribution in [3.05, 3.63) is 69.9 Å². The second kappa shape index (κ2) is 16.3. The van der Waals surface area contributed by atoms with Crippen LogP contribution in [0.2, 0.25) is 0 Å². The van der Waals surface area contributed by atoms with Crippen LogP contribution in [-0.2, 0) is 4.74 Å². The SMILES string of the molecule is C.COC(=O)c1cnc(-c2ccc(C(C)=O)cn2)s1.O=C(O)c1ccc(-c2ncc(C(=O)O)s2)nc1.[K+].[OH-]. The molecule has 0 amide bonds. The standard InChI is InChI=1S/C12H10N2O3S.C10H6N2O4S.CH4.K.H2O/c1-7(15)8-3-4-9(13-5-8)11-14-6-10(18-11)12(16)17-2;13-9(14)5-1-2-6(11-3-5)8-12-4-7(17-8)10(15)16;;;/h3-6H,1-2H3;1-4H,(H,13,14)(H,15,16);1H4;;1H2/q;;;+1;/p-1. The molecule has 0 aliphatic heterocycles. The van der Waals surface area contributed by atoms with Gasteiger partial charge in [-0.1, -0.05) is 7.43 Å². The van der Waals surface area contributed by atoms with Gasteiger partial charge in [0.2, 0.25) is 0 Å². The Hall–Kier alpha value is -2.76. The molecule has 15 heteroatoms. The third kappa shape index (κ3) is 9.21. The largest absolute Gasteiger partial charge is 1.00 e. The Morgan fingerprint density at radius 1 is 0.737 bits per heavy atom. The molecule has 194 valence electrons. The maximum absolute atomic E-state index is 11.3. The van der Waals surface area contributed by atoms with Crippen LogP contribution in [0.4, 0.5) is 0 Å². The zero-order valence-corrected chi connectivity index (χ0v) is 24.4. The number of thiazole rings is 2. The van der Waals surface area contributed by atoms with Crippen LogP contribution >= 0.6 is 22.7 Å². The third-order valence-electron chi connectivity index (χ3n) is 4.23. The number of aromatic carboxylic acids is 2. The fraction of sp³-hybridized carbons (Fsp3) is 0.130. The molecule has 0 atom stereocenters. The number of aromatic nitrogens is 4. The molecule has 0 aliphatic carbocycles. The molecule has 0 fully saturated rings. The summed E-state index contributed by atoms with van der Waals surface area (Å²) in [5, 5.41) is 18.5. The first-order valence-electron chi connectivity index (χ1n) is 9.60. The molecule has 12 nitrogen and oxygen atoms in total. The van der Waals surface area contributed by atoms with Gasteiger partial charge in [-0.25, -0.2) is 24.4 Å². The molecule has 4 aromatic heterocycles. The smallest absolute Gasteiger partial charge is 0.870 e. The Bertz CT molecular complexity index is 1390. The second-order valence-corrected chi connectivity index (χ2v) is 8.64. The number of nitrogens with zero attached hydrogens (tertiary/aromatic N) is 4. The summed E-state index contributed by atoms with van der Waals surface area (Å²) >= 11 is 2.19. The van der Waals surface area contributed by atoms with Crippen LogP contribution in [0.15, 0.2) is 49.1 Å². The Kier molecular flexibility index (Phi) is 15.1. The van der Waals surface area contributed by atoms with Gasteiger partial charge in [0, 0.05) is 18.0 Å². The summed E-state index contributed by atoms with van der Waals surface area (Å²) in [4.78, 5) is 60.3. The quantitative estimate of drug-likeness (QED) is 0.187. The van der Waals surface area contributed by atoms with Crippen LogP contribution in [-0.4, -0.2) is 66.4 Å². The molecule has 3 N–H and O–H groups in total. The van der Waals surface area contributed by atoms with Crippen LogP contribution < -0.4 is 51.4 Å². The van der Waals surface area contributed by atoms with Gasteiger partial charge in [-0.15, -0.1) is 22.7 Å². The van der Waals surface area contributed by atoms with E-state index in [1.54, 1.807) is 12.1 Å². The zero-order valence-electron chi connectivity index (χ0n) is 19.6. The van der Waals surface area contributed by atoms with Gasteiger partial charge < -0.3 is 20.4 Å². The van der Waals surface area contributed by atoms with Crippen LogP contribution in [0.5, 0.6) is 0 Å². The number of pyridine rings is 2. The summed E-state index contributed by atoms with van der Waals surface area (Å²) in [6.45, 7) is 1.48. The van der Waals surface area contributed by atoms with Gasteiger partial charge in [0.1, 0.15) is 19.8 Å². The molecule has 0 unspecified atom stereocenters. The number of carboxylic acid groups (broad SMARTS) is 2. The van der Waals surface area contributed by atoms with Gasteiger partial charge in [0.15, 0.2) is 5.78 Å². The van der Waals surface area contributed by atoms with E-state index in [2.05, 4.69) is 24.7 Å². The van der Waals surface area contributed by atoms with Gasteiger partial charge in [-0.05, 0) is 31.2 Å². The molecule has 0 aromatic carbocycles. The first kappa shape index (κ1) is 35.2. The minimum atomic E-state index is -1.06. The normalized spacial score (nSPS) is 9.32. The molecule has 0 bridgehead atoms. The van der Waals surface area contributed by atoms with E-state index in [9.17, 15) is 19.2 Å². The van der Waals surface area contributed by atoms with Crippen molar-refractivity contribution in [3.63, 3.8) is 0 Å². The van der Waals surface area contributed by atoms with Gasteiger partial charge in [-0.2, -0.15) is 0 Å². The Labute approximate surface area is 267 Å². The number of hydrogen-bond donors (Lipinski definition) is 2. The van der Waals surface area contributed by atoms with E-state index in [-0.39, 0.29) is 80.5 Å². The molecule has 0 radical (unpaired) electrons. The first-order chi connectivity index (χ1) is 16.7. The van der Waals surface area contributed by atoms with Crippen molar-refractivity contribution in [2.24, 2.45) is 0 Å². The fourth-order valence-electron chi connectivity index (χ4n) is 2.45. The van der Waals surface area contributed by atoms with E-state index < -0.39 is 17.9 Å². The van der Waals surface area contributed by atoms with Crippen molar-refractivity contribution in [2.75, 3.05) is 7.11 Å². The molecule has 0 saturated carbocycles. The second-order valence-electron chi connectivity index (χ2n) is 6.58. The molecule has 0 saturated heterocycles. The molecule has 0 spiro atoms. The van der Waals surface area contributed by atoms with E-state index in [1.165, 1.54) is 62.3 Å². The third-order valence-corrected chi connectivity index (χ3v) is 6.24.